The van der Waals surface area contributed by atoms with Crippen LogP contribution >= 0.6 is 34.5 Å². The second-order valence-corrected chi connectivity index (χ2v) is 9.02. The summed E-state index contributed by atoms with van der Waals surface area (Å²) < 4.78 is 6.75. The summed E-state index contributed by atoms with van der Waals surface area (Å²) in [4.78, 5) is 17.4. The molecular formula is C25H16Cl2N2O2S. The molecule has 0 spiro atoms. The number of anilines is 1. The zero-order valence-electron chi connectivity index (χ0n) is 16.6. The van der Waals surface area contributed by atoms with Crippen LogP contribution in [0.5, 0.6) is 5.75 Å². The molecule has 1 N–H and O–H groups in total. The van der Waals surface area contributed by atoms with E-state index >= 15 is 0 Å². The second-order valence-electron chi connectivity index (χ2n) is 7.14. The molecule has 0 bridgehead atoms. The van der Waals surface area contributed by atoms with Gasteiger partial charge in [0.1, 0.15) is 10.8 Å². The van der Waals surface area contributed by atoms with E-state index in [0.29, 0.717) is 27.0 Å². The van der Waals surface area contributed by atoms with Crippen molar-refractivity contribution in [1.82, 2.24) is 4.98 Å². The molecule has 1 aromatic heterocycles. The van der Waals surface area contributed by atoms with E-state index in [4.69, 9.17) is 27.9 Å². The molecule has 1 amide bonds. The minimum atomic E-state index is -0.329. The molecule has 0 unspecified atom stereocenters. The van der Waals surface area contributed by atoms with Crippen LogP contribution in [0.1, 0.15) is 0 Å². The summed E-state index contributed by atoms with van der Waals surface area (Å²) in [7, 11) is 0. The SMILES string of the molecule is O=C(COc1ccc2ccccc2c1)Nc1c(Cl)cc(Cl)cc1-c1nc2ccccc2s1. The zero-order valence-corrected chi connectivity index (χ0v) is 19.0. The van der Waals surface area contributed by atoms with Gasteiger partial charge in [-0.1, -0.05) is 65.7 Å². The van der Waals surface area contributed by atoms with Crippen LogP contribution in [0.15, 0.2) is 78.9 Å². The third-order valence-electron chi connectivity index (χ3n) is 4.93. The van der Waals surface area contributed by atoms with Crippen molar-refractivity contribution in [3.8, 4) is 16.3 Å². The Bertz CT molecular complexity index is 1430. The molecule has 4 nitrogen and oxygen atoms in total. The predicted octanol–water partition coefficient (Wildman–Crippen LogP) is 7.44. The number of nitrogens with zero attached hydrogens (tertiary/aromatic N) is 1. The molecule has 0 aliphatic heterocycles. The molecule has 1 heterocycles. The fraction of sp³-hybridized carbons (Fsp3) is 0.0400. The number of aromatic nitrogens is 1. The van der Waals surface area contributed by atoms with Gasteiger partial charge in [0.25, 0.3) is 5.91 Å². The quantitative estimate of drug-likeness (QED) is 0.285. The van der Waals surface area contributed by atoms with Crippen LogP contribution in [-0.4, -0.2) is 17.5 Å². The van der Waals surface area contributed by atoms with Crippen LogP contribution in [0.3, 0.4) is 0 Å². The van der Waals surface area contributed by atoms with Crippen molar-refractivity contribution in [1.29, 1.82) is 0 Å². The Morgan fingerprint density at radius 3 is 2.56 bits per heavy atom. The lowest BCUT2D eigenvalue weighted by Gasteiger charge is -2.13. The Labute approximate surface area is 198 Å². The highest BCUT2D eigenvalue weighted by Crippen LogP contribution is 2.40. The number of hydrogen-bond acceptors (Lipinski definition) is 4. The summed E-state index contributed by atoms with van der Waals surface area (Å²) in [5, 5.41) is 6.55. The highest BCUT2D eigenvalue weighted by molar-refractivity contribution is 7.21. The van der Waals surface area contributed by atoms with Gasteiger partial charge in [0.05, 0.1) is 20.9 Å². The standard InChI is InChI=1S/C25H16Cl2N2O2S/c26-17-12-19(25-28-21-7-3-4-8-22(21)32-25)24(20(27)13-17)29-23(30)14-31-18-10-9-15-5-1-2-6-16(15)11-18/h1-13H,14H2,(H,29,30). The molecule has 0 atom stereocenters. The first kappa shape index (κ1) is 20.8. The first-order chi connectivity index (χ1) is 15.6. The summed E-state index contributed by atoms with van der Waals surface area (Å²) in [5.74, 6) is 0.289. The van der Waals surface area contributed by atoms with Gasteiger partial charge in [-0.2, -0.15) is 0 Å². The molecular weight excluding hydrogens is 463 g/mol. The summed E-state index contributed by atoms with van der Waals surface area (Å²) in [5.41, 5.74) is 2.01. The molecule has 5 aromatic rings. The topological polar surface area (TPSA) is 51.2 Å². The van der Waals surface area contributed by atoms with Crippen molar-refractivity contribution in [2.24, 2.45) is 0 Å². The second kappa shape index (κ2) is 8.79. The van der Waals surface area contributed by atoms with Gasteiger partial charge in [0.2, 0.25) is 0 Å². The van der Waals surface area contributed by atoms with Crippen molar-refractivity contribution in [2.75, 3.05) is 11.9 Å². The minimum Gasteiger partial charge on any atom is -0.484 e. The number of nitrogens with one attached hydrogen (secondary N) is 1. The highest BCUT2D eigenvalue weighted by atomic mass is 35.5. The van der Waals surface area contributed by atoms with E-state index < -0.39 is 0 Å². The molecule has 158 valence electrons. The number of carbonyl (C=O) groups is 1. The van der Waals surface area contributed by atoms with E-state index in [1.54, 1.807) is 12.1 Å². The third-order valence-corrected chi connectivity index (χ3v) is 6.52. The van der Waals surface area contributed by atoms with Crippen molar-refractivity contribution >= 4 is 67.1 Å². The number of benzene rings is 4. The van der Waals surface area contributed by atoms with Crippen molar-refractivity contribution < 1.29 is 9.53 Å². The Morgan fingerprint density at radius 1 is 0.938 bits per heavy atom. The lowest BCUT2D eigenvalue weighted by atomic mass is 10.1. The molecule has 0 saturated carbocycles. The average Bonchev–Trinajstić information content (AvgIpc) is 3.23. The Hall–Kier alpha value is -3.12. The molecule has 0 radical (unpaired) electrons. The van der Waals surface area contributed by atoms with E-state index in [-0.39, 0.29) is 12.5 Å². The highest BCUT2D eigenvalue weighted by Gasteiger charge is 2.17. The lowest BCUT2D eigenvalue weighted by molar-refractivity contribution is -0.118. The van der Waals surface area contributed by atoms with E-state index in [9.17, 15) is 4.79 Å². The summed E-state index contributed by atoms with van der Waals surface area (Å²) >= 11 is 14.2. The number of carbonyl (C=O) groups excluding carboxylic acids is 1. The van der Waals surface area contributed by atoms with E-state index in [2.05, 4.69) is 10.3 Å². The third kappa shape index (κ3) is 4.28. The molecule has 4 aromatic carbocycles. The lowest BCUT2D eigenvalue weighted by Crippen LogP contribution is -2.20. The number of amides is 1. The number of thiazole rings is 1. The van der Waals surface area contributed by atoms with Crippen LogP contribution < -0.4 is 10.1 Å². The van der Waals surface area contributed by atoms with Gasteiger partial charge in [-0.15, -0.1) is 11.3 Å². The number of halogens is 2. The zero-order chi connectivity index (χ0) is 22.1. The summed E-state index contributed by atoms with van der Waals surface area (Å²) in [6.07, 6.45) is 0. The Morgan fingerprint density at radius 2 is 1.72 bits per heavy atom. The van der Waals surface area contributed by atoms with Gasteiger partial charge >= 0.3 is 0 Å². The number of ether oxygens (including phenoxy) is 1. The van der Waals surface area contributed by atoms with Gasteiger partial charge in [0, 0.05) is 10.6 Å². The van der Waals surface area contributed by atoms with Crippen molar-refractivity contribution in [3.63, 3.8) is 0 Å². The van der Waals surface area contributed by atoms with Crippen LogP contribution in [0, 0.1) is 0 Å². The van der Waals surface area contributed by atoms with E-state index in [0.717, 1.165) is 26.0 Å². The van der Waals surface area contributed by atoms with E-state index in [1.165, 1.54) is 11.3 Å². The molecule has 7 heteroatoms. The van der Waals surface area contributed by atoms with E-state index in [1.807, 2.05) is 66.7 Å². The van der Waals surface area contributed by atoms with Gasteiger partial charge < -0.3 is 10.1 Å². The van der Waals surface area contributed by atoms with Crippen molar-refractivity contribution in [3.05, 3.63) is 88.9 Å². The average molecular weight is 479 g/mol. The summed E-state index contributed by atoms with van der Waals surface area (Å²) in [6.45, 7) is -0.156. The Balaban J connectivity index is 1.38. The van der Waals surface area contributed by atoms with Crippen LogP contribution in [0.25, 0.3) is 31.6 Å². The van der Waals surface area contributed by atoms with Gasteiger partial charge in [-0.25, -0.2) is 4.98 Å². The first-order valence-corrected chi connectivity index (χ1v) is 11.4. The monoisotopic (exact) mass is 478 g/mol. The maximum atomic E-state index is 12.7. The number of hydrogen-bond donors (Lipinski definition) is 1. The van der Waals surface area contributed by atoms with Crippen LogP contribution in [-0.2, 0) is 4.79 Å². The van der Waals surface area contributed by atoms with Crippen LogP contribution in [0.4, 0.5) is 5.69 Å². The first-order valence-electron chi connectivity index (χ1n) is 9.83. The smallest absolute Gasteiger partial charge is 0.262 e. The van der Waals surface area contributed by atoms with Gasteiger partial charge in [0.15, 0.2) is 6.61 Å². The number of fused-ring (bicyclic) bond motifs is 2. The van der Waals surface area contributed by atoms with Gasteiger partial charge in [-0.3, -0.25) is 4.79 Å². The molecule has 0 fully saturated rings. The predicted molar refractivity (Wildman–Crippen MR) is 133 cm³/mol. The van der Waals surface area contributed by atoms with Crippen LogP contribution in [0.2, 0.25) is 10.0 Å². The molecule has 0 saturated heterocycles. The van der Waals surface area contributed by atoms with Crippen molar-refractivity contribution in [2.45, 2.75) is 0 Å². The molecule has 32 heavy (non-hydrogen) atoms. The number of rotatable bonds is 5. The molecule has 0 aliphatic carbocycles. The normalized spacial score (nSPS) is 11.1. The molecule has 5 rings (SSSR count). The Kier molecular flexibility index (Phi) is 5.70. The minimum absolute atomic E-state index is 0.156. The molecule has 0 aliphatic rings. The summed E-state index contributed by atoms with van der Waals surface area (Å²) in [6, 6.07) is 24.9. The largest absolute Gasteiger partial charge is 0.484 e. The van der Waals surface area contributed by atoms with Gasteiger partial charge in [-0.05, 0) is 47.2 Å². The maximum Gasteiger partial charge on any atom is 0.262 e. The fourth-order valence-corrected chi connectivity index (χ4v) is 4.97. The number of para-hydroxylation sites is 1. The maximum absolute atomic E-state index is 12.7. The fourth-order valence-electron chi connectivity index (χ4n) is 3.44.